The molecule has 0 aliphatic carbocycles. The average Bonchev–Trinajstić information content (AvgIpc) is 3.02. The van der Waals surface area contributed by atoms with Crippen LogP contribution in [0.1, 0.15) is 44.0 Å². The third-order valence-corrected chi connectivity index (χ3v) is 4.42. The van der Waals surface area contributed by atoms with Gasteiger partial charge in [0.05, 0.1) is 5.56 Å². The zero-order valence-electron chi connectivity index (χ0n) is 14.8. The van der Waals surface area contributed by atoms with Crippen LogP contribution in [0.25, 0.3) is 10.9 Å². The lowest BCUT2D eigenvalue weighted by Gasteiger charge is -2.19. The van der Waals surface area contributed by atoms with E-state index in [1.807, 2.05) is 31.2 Å². The largest absolute Gasteiger partial charge is 0.360 e. The maximum atomic E-state index is 12.4. The molecule has 5 heteroatoms. The van der Waals surface area contributed by atoms with Crippen LogP contribution in [-0.4, -0.2) is 47.3 Å². The van der Waals surface area contributed by atoms with Crippen molar-refractivity contribution in [2.24, 2.45) is 0 Å². The Morgan fingerprint density at radius 1 is 1.21 bits per heavy atom. The fourth-order valence-corrected chi connectivity index (χ4v) is 2.90. The van der Waals surface area contributed by atoms with E-state index in [-0.39, 0.29) is 6.04 Å². The number of aromatic nitrogens is 1. The number of benzene rings is 1. The molecule has 5 nitrogen and oxygen atoms in total. The topological polar surface area (TPSA) is 65.2 Å². The van der Waals surface area contributed by atoms with Gasteiger partial charge in [-0.25, -0.2) is 0 Å². The highest BCUT2D eigenvalue weighted by atomic mass is 16.2. The van der Waals surface area contributed by atoms with E-state index in [2.05, 4.69) is 29.0 Å². The lowest BCUT2D eigenvalue weighted by molar-refractivity contribution is -0.117. The van der Waals surface area contributed by atoms with Gasteiger partial charge in [-0.1, -0.05) is 32.0 Å². The molecule has 2 N–H and O–H groups in total. The zero-order chi connectivity index (χ0) is 17.5. The highest BCUT2D eigenvalue weighted by molar-refractivity contribution is 6.45. The summed E-state index contributed by atoms with van der Waals surface area (Å²) in [4.78, 5) is 30.0. The molecular weight excluding hydrogens is 302 g/mol. The Balaban J connectivity index is 1.88. The second-order valence-electron chi connectivity index (χ2n) is 6.12. The van der Waals surface area contributed by atoms with Crippen LogP contribution in [0.15, 0.2) is 30.5 Å². The maximum absolute atomic E-state index is 12.4. The highest BCUT2D eigenvalue weighted by Gasteiger charge is 2.21. The molecule has 24 heavy (non-hydrogen) atoms. The number of carbonyl (C=O) groups excluding carboxylic acids is 2. The molecule has 1 aromatic heterocycles. The molecule has 1 aromatic carbocycles. The van der Waals surface area contributed by atoms with E-state index in [1.165, 1.54) is 0 Å². The van der Waals surface area contributed by atoms with Crippen molar-refractivity contribution in [1.82, 2.24) is 15.2 Å². The number of Topliss-reactive ketones (excluding diaryl/α,β-unsaturated/α-hetero) is 1. The van der Waals surface area contributed by atoms with E-state index >= 15 is 0 Å². The van der Waals surface area contributed by atoms with Gasteiger partial charge >= 0.3 is 0 Å². The third-order valence-electron chi connectivity index (χ3n) is 4.42. The number of aromatic amines is 1. The number of H-pyrrole nitrogens is 1. The van der Waals surface area contributed by atoms with Gasteiger partial charge in [0.2, 0.25) is 0 Å². The van der Waals surface area contributed by atoms with E-state index in [1.54, 1.807) is 6.20 Å². The number of hydrogen-bond donors (Lipinski definition) is 2. The van der Waals surface area contributed by atoms with Crippen LogP contribution < -0.4 is 5.32 Å². The summed E-state index contributed by atoms with van der Waals surface area (Å²) in [5.74, 6) is -1.02. The number of carbonyl (C=O) groups is 2. The number of nitrogens with one attached hydrogen (secondary N) is 2. The van der Waals surface area contributed by atoms with Gasteiger partial charge in [0.1, 0.15) is 0 Å². The predicted octanol–water partition coefficient (Wildman–Crippen LogP) is 2.98. The first-order valence-corrected chi connectivity index (χ1v) is 8.70. The summed E-state index contributed by atoms with van der Waals surface area (Å²) in [6.45, 7) is 9.34. The first-order valence-electron chi connectivity index (χ1n) is 8.70. The van der Waals surface area contributed by atoms with Gasteiger partial charge in [-0.3, -0.25) is 9.59 Å². The van der Waals surface area contributed by atoms with Crippen LogP contribution in [0.5, 0.6) is 0 Å². The van der Waals surface area contributed by atoms with Crippen molar-refractivity contribution in [3.8, 4) is 0 Å². The van der Waals surface area contributed by atoms with Crippen LogP contribution in [0, 0.1) is 0 Å². The van der Waals surface area contributed by atoms with Crippen LogP contribution in [0.3, 0.4) is 0 Å². The molecule has 0 aliphatic heterocycles. The summed E-state index contributed by atoms with van der Waals surface area (Å²) in [7, 11) is 0. The minimum atomic E-state index is -0.532. The fourth-order valence-electron chi connectivity index (χ4n) is 2.90. The standard InChI is InChI=1S/C19H27N3O2/c1-4-22(5-2)12-8-9-14(3)21-19(24)18(23)16-13-20-17-11-7-6-10-15(16)17/h6-7,10-11,13-14,20H,4-5,8-9,12H2,1-3H3,(H,21,24)/t14-/m0/s1. The van der Waals surface area contributed by atoms with Crippen molar-refractivity contribution in [3.05, 3.63) is 36.0 Å². The average molecular weight is 329 g/mol. The first kappa shape index (κ1) is 18.2. The van der Waals surface area contributed by atoms with E-state index in [9.17, 15) is 9.59 Å². The van der Waals surface area contributed by atoms with Gasteiger partial charge < -0.3 is 15.2 Å². The van der Waals surface area contributed by atoms with Crippen molar-refractivity contribution in [2.45, 2.75) is 39.7 Å². The van der Waals surface area contributed by atoms with Crippen molar-refractivity contribution in [1.29, 1.82) is 0 Å². The molecule has 2 rings (SSSR count). The number of rotatable bonds is 9. The van der Waals surface area contributed by atoms with Gasteiger partial charge in [0.25, 0.3) is 11.7 Å². The third kappa shape index (κ3) is 4.45. The number of amides is 1. The molecule has 1 atom stereocenters. The van der Waals surface area contributed by atoms with E-state index < -0.39 is 11.7 Å². The van der Waals surface area contributed by atoms with Crippen LogP contribution in [0.2, 0.25) is 0 Å². The Labute approximate surface area is 143 Å². The summed E-state index contributed by atoms with van der Waals surface area (Å²) >= 11 is 0. The molecule has 130 valence electrons. The van der Waals surface area contributed by atoms with Crippen LogP contribution >= 0.6 is 0 Å². The maximum Gasteiger partial charge on any atom is 0.292 e. The Hall–Kier alpha value is -2.14. The summed E-state index contributed by atoms with van der Waals surface area (Å²) in [5.41, 5.74) is 1.29. The quantitative estimate of drug-likeness (QED) is 0.549. The minimum absolute atomic E-state index is 0.0118. The Morgan fingerprint density at radius 3 is 2.62 bits per heavy atom. The normalized spacial score (nSPS) is 12.5. The molecule has 0 radical (unpaired) electrons. The smallest absolute Gasteiger partial charge is 0.292 e. The van der Waals surface area contributed by atoms with E-state index in [0.717, 1.165) is 43.4 Å². The minimum Gasteiger partial charge on any atom is -0.360 e. The van der Waals surface area contributed by atoms with Crippen LogP contribution in [-0.2, 0) is 4.79 Å². The summed E-state index contributed by atoms with van der Waals surface area (Å²) in [6, 6.07) is 7.48. The van der Waals surface area contributed by atoms with Gasteiger partial charge in [0.15, 0.2) is 0 Å². The van der Waals surface area contributed by atoms with Gasteiger partial charge in [-0.15, -0.1) is 0 Å². The summed E-state index contributed by atoms with van der Waals surface area (Å²) in [6.07, 6.45) is 3.48. The monoisotopic (exact) mass is 329 g/mol. The summed E-state index contributed by atoms with van der Waals surface area (Å²) in [5, 5.41) is 3.61. The fraction of sp³-hybridized carbons (Fsp3) is 0.474. The predicted molar refractivity (Wildman–Crippen MR) is 97.3 cm³/mol. The Bertz CT molecular complexity index is 689. The molecular formula is C19H27N3O2. The van der Waals surface area contributed by atoms with Gasteiger partial charge in [-0.05, 0) is 45.5 Å². The lowest BCUT2D eigenvalue weighted by atomic mass is 10.1. The molecule has 0 saturated carbocycles. The van der Waals surface area contributed by atoms with Crippen molar-refractivity contribution >= 4 is 22.6 Å². The Morgan fingerprint density at radius 2 is 1.92 bits per heavy atom. The SMILES string of the molecule is CCN(CC)CCC[C@H](C)NC(=O)C(=O)c1c[nH]c2ccccc12. The second-order valence-corrected chi connectivity index (χ2v) is 6.12. The van der Waals surface area contributed by atoms with Crippen molar-refractivity contribution in [3.63, 3.8) is 0 Å². The number of ketones is 1. The molecule has 0 spiro atoms. The second kappa shape index (κ2) is 8.64. The molecule has 1 heterocycles. The highest BCUT2D eigenvalue weighted by Crippen LogP contribution is 2.18. The number of para-hydroxylation sites is 1. The van der Waals surface area contributed by atoms with E-state index in [0.29, 0.717) is 5.56 Å². The molecule has 0 bridgehead atoms. The zero-order valence-corrected chi connectivity index (χ0v) is 14.8. The number of nitrogens with zero attached hydrogens (tertiary/aromatic N) is 1. The van der Waals surface area contributed by atoms with Gasteiger partial charge in [-0.2, -0.15) is 0 Å². The molecule has 0 aliphatic rings. The molecule has 0 fully saturated rings. The molecule has 0 unspecified atom stereocenters. The Kier molecular flexibility index (Phi) is 6.55. The van der Waals surface area contributed by atoms with Crippen LogP contribution in [0.4, 0.5) is 0 Å². The lowest BCUT2D eigenvalue weighted by Crippen LogP contribution is -2.38. The number of fused-ring (bicyclic) bond motifs is 1. The summed E-state index contributed by atoms with van der Waals surface area (Å²) < 4.78 is 0. The first-order chi connectivity index (χ1) is 11.6. The van der Waals surface area contributed by atoms with Crippen molar-refractivity contribution < 1.29 is 9.59 Å². The van der Waals surface area contributed by atoms with Gasteiger partial charge in [0, 0.05) is 23.1 Å². The molecule has 0 saturated heterocycles. The number of hydrogen-bond acceptors (Lipinski definition) is 3. The molecule has 1 amide bonds. The van der Waals surface area contributed by atoms with Crippen molar-refractivity contribution in [2.75, 3.05) is 19.6 Å². The molecule has 2 aromatic rings. The van der Waals surface area contributed by atoms with E-state index in [4.69, 9.17) is 0 Å².